The van der Waals surface area contributed by atoms with Gasteiger partial charge < -0.3 is 0 Å². The van der Waals surface area contributed by atoms with Gasteiger partial charge in [0.2, 0.25) is 0 Å². The molecule has 1 aliphatic rings. The van der Waals surface area contributed by atoms with Crippen LogP contribution in [0.3, 0.4) is 0 Å². The van der Waals surface area contributed by atoms with Crippen molar-refractivity contribution in [1.82, 2.24) is 0 Å². The van der Waals surface area contributed by atoms with Crippen LogP contribution in [0.2, 0.25) is 0 Å². The first kappa shape index (κ1) is 10.1. The summed E-state index contributed by atoms with van der Waals surface area (Å²) in [6.45, 7) is 7.08. The van der Waals surface area contributed by atoms with Crippen molar-refractivity contribution >= 4 is 0 Å². The highest BCUT2D eigenvalue weighted by Crippen LogP contribution is 2.31. The van der Waals surface area contributed by atoms with Crippen LogP contribution in [0.4, 0.5) is 0 Å². The molecule has 1 saturated carbocycles. The van der Waals surface area contributed by atoms with E-state index in [9.17, 15) is 0 Å². The lowest BCUT2D eigenvalue weighted by Gasteiger charge is -2.26. The molecule has 0 N–H and O–H groups in total. The summed E-state index contributed by atoms with van der Waals surface area (Å²) in [6, 6.07) is 0. The molecule has 0 aliphatic heterocycles. The van der Waals surface area contributed by atoms with E-state index in [0.29, 0.717) is 0 Å². The minimum absolute atomic E-state index is 0.907. The summed E-state index contributed by atoms with van der Waals surface area (Å²) in [6.07, 6.45) is 8.93. The van der Waals surface area contributed by atoms with Gasteiger partial charge in [0.05, 0.1) is 0 Å². The fourth-order valence-corrected chi connectivity index (χ4v) is 2.19. The molecule has 0 bridgehead atoms. The molecule has 0 aromatic rings. The van der Waals surface area contributed by atoms with Crippen molar-refractivity contribution in [2.45, 2.75) is 59.3 Å². The molecule has 1 fully saturated rings. The molecule has 0 saturated heterocycles. The molecule has 12 heavy (non-hydrogen) atoms. The van der Waals surface area contributed by atoms with Crippen molar-refractivity contribution in [3.05, 3.63) is 0 Å². The second-order valence-corrected chi connectivity index (χ2v) is 5.10. The highest BCUT2D eigenvalue weighted by Gasteiger charge is 2.17. The summed E-state index contributed by atoms with van der Waals surface area (Å²) in [4.78, 5) is 0. The minimum Gasteiger partial charge on any atom is -0.0628 e. The van der Waals surface area contributed by atoms with Gasteiger partial charge in [-0.1, -0.05) is 59.3 Å². The predicted molar refractivity (Wildman–Crippen MR) is 55.2 cm³/mol. The quantitative estimate of drug-likeness (QED) is 0.591. The Balaban J connectivity index is 2.09. The Morgan fingerprint density at radius 2 is 1.67 bits per heavy atom. The molecule has 0 unspecified atom stereocenters. The van der Waals surface area contributed by atoms with Crippen molar-refractivity contribution in [1.29, 1.82) is 0 Å². The standard InChI is InChI=1S/C12H24/c1-10(2)4-7-12-8-5-11(3)6-9-12/h10-12H,4-9H2,1-3H3. The van der Waals surface area contributed by atoms with E-state index in [-0.39, 0.29) is 0 Å². The summed E-state index contributed by atoms with van der Waals surface area (Å²) in [5.41, 5.74) is 0. The van der Waals surface area contributed by atoms with Crippen molar-refractivity contribution in [3.8, 4) is 0 Å². The molecule has 0 radical (unpaired) electrons. The molecule has 0 heterocycles. The van der Waals surface area contributed by atoms with Crippen LogP contribution in [0, 0.1) is 17.8 Å². The summed E-state index contributed by atoms with van der Waals surface area (Å²) >= 11 is 0. The smallest absolute Gasteiger partial charge is 0.0414 e. The Labute approximate surface area is 77.7 Å². The van der Waals surface area contributed by atoms with Gasteiger partial charge in [-0.3, -0.25) is 0 Å². The fourth-order valence-electron chi connectivity index (χ4n) is 2.19. The predicted octanol–water partition coefficient (Wildman–Crippen LogP) is 4.25. The first-order valence-corrected chi connectivity index (χ1v) is 5.68. The van der Waals surface area contributed by atoms with Gasteiger partial charge in [0.15, 0.2) is 0 Å². The molecule has 0 amide bonds. The lowest BCUT2D eigenvalue weighted by Crippen LogP contribution is -2.12. The van der Waals surface area contributed by atoms with E-state index in [4.69, 9.17) is 0 Å². The Hall–Kier alpha value is 0. The van der Waals surface area contributed by atoms with Crippen molar-refractivity contribution < 1.29 is 0 Å². The van der Waals surface area contributed by atoms with E-state index in [2.05, 4.69) is 20.8 Å². The summed E-state index contributed by atoms with van der Waals surface area (Å²) in [5, 5.41) is 0. The van der Waals surface area contributed by atoms with Crippen LogP contribution in [-0.2, 0) is 0 Å². The lowest BCUT2D eigenvalue weighted by atomic mass is 9.80. The maximum Gasteiger partial charge on any atom is -0.0414 e. The van der Waals surface area contributed by atoms with Crippen LogP contribution >= 0.6 is 0 Å². The normalized spacial score (nSPS) is 31.0. The van der Waals surface area contributed by atoms with Gasteiger partial charge in [0.25, 0.3) is 0 Å². The SMILES string of the molecule is CC(C)CCC1CCC(C)CC1. The summed E-state index contributed by atoms with van der Waals surface area (Å²) < 4.78 is 0. The zero-order valence-corrected chi connectivity index (χ0v) is 8.97. The van der Waals surface area contributed by atoms with E-state index in [0.717, 1.165) is 17.8 Å². The fraction of sp³-hybridized carbons (Fsp3) is 1.00. The first-order chi connectivity index (χ1) is 5.68. The van der Waals surface area contributed by atoms with Gasteiger partial charge in [0, 0.05) is 0 Å². The summed E-state index contributed by atoms with van der Waals surface area (Å²) in [7, 11) is 0. The average molecular weight is 168 g/mol. The summed E-state index contributed by atoms with van der Waals surface area (Å²) in [5.74, 6) is 2.99. The van der Waals surface area contributed by atoms with E-state index in [1.54, 1.807) is 0 Å². The van der Waals surface area contributed by atoms with E-state index < -0.39 is 0 Å². The molecule has 0 atom stereocenters. The van der Waals surface area contributed by atoms with E-state index >= 15 is 0 Å². The second kappa shape index (κ2) is 4.89. The lowest BCUT2D eigenvalue weighted by molar-refractivity contribution is 0.265. The number of rotatable bonds is 3. The minimum atomic E-state index is 0.907. The Kier molecular flexibility index (Phi) is 4.11. The van der Waals surface area contributed by atoms with Crippen LogP contribution in [0.5, 0.6) is 0 Å². The molecule has 1 aliphatic carbocycles. The second-order valence-electron chi connectivity index (χ2n) is 5.10. The highest BCUT2D eigenvalue weighted by molar-refractivity contribution is 4.70. The van der Waals surface area contributed by atoms with Crippen LogP contribution in [-0.4, -0.2) is 0 Å². The third kappa shape index (κ3) is 3.60. The van der Waals surface area contributed by atoms with Gasteiger partial charge >= 0.3 is 0 Å². The van der Waals surface area contributed by atoms with Crippen LogP contribution in [0.1, 0.15) is 59.3 Å². The van der Waals surface area contributed by atoms with E-state index in [1.807, 2.05) is 0 Å². The average Bonchev–Trinajstić information content (AvgIpc) is 2.03. The van der Waals surface area contributed by atoms with Gasteiger partial charge in [-0.15, -0.1) is 0 Å². The van der Waals surface area contributed by atoms with Crippen LogP contribution in [0.15, 0.2) is 0 Å². The van der Waals surface area contributed by atoms with Crippen LogP contribution < -0.4 is 0 Å². The van der Waals surface area contributed by atoms with Crippen molar-refractivity contribution in [2.24, 2.45) is 17.8 Å². The van der Waals surface area contributed by atoms with Gasteiger partial charge in [-0.05, 0) is 17.8 Å². The van der Waals surface area contributed by atoms with Gasteiger partial charge in [-0.2, -0.15) is 0 Å². The Morgan fingerprint density at radius 3 is 2.17 bits per heavy atom. The van der Waals surface area contributed by atoms with Crippen molar-refractivity contribution in [3.63, 3.8) is 0 Å². The molecule has 72 valence electrons. The number of hydrogen-bond acceptors (Lipinski definition) is 0. The molecular formula is C12H24. The first-order valence-electron chi connectivity index (χ1n) is 5.68. The van der Waals surface area contributed by atoms with Gasteiger partial charge in [0.1, 0.15) is 0 Å². The maximum absolute atomic E-state index is 2.40. The Bertz CT molecular complexity index is 107. The molecule has 1 rings (SSSR count). The largest absolute Gasteiger partial charge is 0.0628 e. The Morgan fingerprint density at radius 1 is 1.08 bits per heavy atom. The van der Waals surface area contributed by atoms with Crippen molar-refractivity contribution in [2.75, 3.05) is 0 Å². The molecule has 0 heteroatoms. The molecule has 0 aromatic carbocycles. The third-order valence-electron chi connectivity index (χ3n) is 3.29. The maximum atomic E-state index is 2.40. The van der Waals surface area contributed by atoms with Crippen LogP contribution in [0.25, 0.3) is 0 Å². The third-order valence-corrected chi connectivity index (χ3v) is 3.29. The molecule has 0 spiro atoms. The molecular weight excluding hydrogens is 144 g/mol. The van der Waals surface area contributed by atoms with E-state index in [1.165, 1.54) is 38.5 Å². The zero-order chi connectivity index (χ0) is 8.97. The zero-order valence-electron chi connectivity index (χ0n) is 8.97. The molecule has 0 aromatic heterocycles. The number of hydrogen-bond donors (Lipinski definition) is 0. The van der Waals surface area contributed by atoms with Gasteiger partial charge in [-0.25, -0.2) is 0 Å². The topological polar surface area (TPSA) is 0 Å². The monoisotopic (exact) mass is 168 g/mol. The molecule has 0 nitrogen and oxygen atoms in total. The highest BCUT2D eigenvalue weighted by atomic mass is 14.2.